The summed E-state index contributed by atoms with van der Waals surface area (Å²) in [7, 11) is 0. The van der Waals surface area contributed by atoms with Crippen molar-refractivity contribution >= 4 is 0 Å². The molecule has 1 rings (SSSR count). The van der Waals surface area contributed by atoms with Crippen molar-refractivity contribution < 1.29 is 9.15 Å². The lowest BCUT2D eigenvalue weighted by Gasteiger charge is -1.98. The van der Waals surface area contributed by atoms with Crippen LogP contribution in [0.25, 0.3) is 0 Å². The zero-order valence-corrected chi connectivity index (χ0v) is 5.88. The van der Waals surface area contributed by atoms with E-state index in [1.807, 2.05) is 0 Å². The Kier molecular flexibility index (Phi) is 2.87. The summed E-state index contributed by atoms with van der Waals surface area (Å²) in [5.41, 5.74) is 0. The molecule has 0 aromatic carbocycles. The smallest absolute Gasteiger partial charge is 0.284 e. The first-order chi connectivity index (χ1) is 4.93. The standard InChI is InChI=1S/C8H11O2/c1-2-3-6-9-8-5-4-7-10-8/h4-5,7H,1-3,6H2. The highest BCUT2D eigenvalue weighted by Crippen LogP contribution is 2.09. The van der Waals surface area contributed by atoms with Gasteiger partial charge >= 0.3 is 0 Å². The van der Waals surface area contributed by atoms with E-state index in [1.54, 1.807) is 18.4 Å². The predicted molar refractivity (Wildman–Crippen MR) is 38.8 cm³/mol. The molecule has 0 N–H and O–H groups in total. The molecule has 0 aliphatic carbocycles. The van der Waals surface area contributed by atoms with Crippen LogP contribution in [0.4, 0.5) is 0 Å². The molecule has 1 radical (unpaired) electrons. The van der Waals surface area contributed by atoms with Gasteiger partial charge in [0, 0.05) is 6.07 Å². The minimum absolute atomic E-state index is 0.591. The molecule has 1 aromatic heterocycles. The second-order valence-electron chi connectivity index (χ2n) is 1.99. The van der Waals surface area contributed by atoms with Crippen molar-refractivity contribution in [1.82, 2.24) is 0 Å². The summed E-state index contributed by atoms with van der Waals surface area (Å²) in [5, 5.41) is 0. The van der Waals surface area contributed by atoms with Gasteiger partial charge in [0.15, 0.2) is 0 Å². The summed E-state index contributed by atoms with van der Waals surface area (Å²) >= 11 is 0. The third-order valence-electron chi connectivity index (χ3n) is 1.13. The fraction of sp³-hybridized carbons (Fsp3) is 0.375. The SMILES string of the molecule is [CH2]CCCOc1ccco1. The average Bonchev–Trinajstić information content (AvgIpc) is 2.41. The van der Waals surface area contributed by atoms with E-state index in [0.29, 0.717) is 12.6 Å². The molecule has 0 bridgehead atoms. The second-order valence-corrected chi connectivity index (χ2v) is 1.99. The molecule has 0 fully saturated rings. The van der Waals surface area contributed by atoms with Crippen LogP contribution in [-0.4, -0.2) is 6.61 Å². The Labute approximate surface area is 60.8 Å². The fourth-order valence-electron chi connectivity index (χ4n) is 0.620. The van der Waals surface area contributed by atoms with Gasteiger partial charge in [-0.05, 0) is 12.5 Å². The quantitative estimate of drug-likeness (QED) is 0.597. The van der Waals surface area contributed by atoms with Gasteiger partial charge in [-0.3, -0.25) is 0 Å². The summed E-state index contributed by atoms with van der Waals surface area (Å²) in [6, 6.07) is 3.60. The van der Waals surface area contributed by atoms with E-state index in [9.17, 15) is 0 Å². The fourth-order valence-corrected chi connectivity index (χ4v) is 0.620. The summed E-state index contributed by atoms with van der Waals surface area (Å²) in [5.74, 6) is 0.591. The Hall–Kier alpha value is -0.920. The van der Waals surface area contributed by atoms with Crippen molar-refractivity contribution in [1.29, 1.82) is 0 Å². The third-order valence-corrected chi connectivity index (χ3v) is 1.13. The maximum atomic E-state index is 5.18. The molecule has 0 aliphatic rings. The molecule has 0 atom stereocenters. The maximum absolute atomic E-state index is 5.18. The van der Waals surface area contributed by atoms with Crippen LogP contribution >= 0.6 is 0 Å². The Morgan fingerprint density at radius 2 is 2.50 bits per heavy atom. The zero-order chi connectivity index (χ0) is 7.23. The van der Waals surface area contributed by atoms with Crippen LogP contribution in [0, 0.1) is 6.92 Å². The van der Waals surface area contributed by atoms with Crippen LogP contribution in [-0.2, 0) is 0 Å². The van der Waals surface area contributed by atoms with Crippen molar-refractivity contribution in [3.63, 3.8) is 0 Å². The van der Waals surface area contributed by atoms with E-state index in [2.05, 4.69) is 6.92 Å². The minimum atomic E-state index is 0.591. The van der Waals surface area contributed by atoms with Gasteiger partial charge in [-0.1, -0.05) is 13.3 Å². The number of hydrogen-bond donors (Lipinski definition) is 0. The van der Waals surface area contributed by atoms with Gasteiger partial charge in [-0.25, -0.2) is 0 Å². The molecule has 2 heteroatoms. The van der Waals surface area contributed by atoms with Crippen molar-refractivity contribution in [3.05, 3.63) is 25.3 Å². The van der Waals surface area contributed by atoms with E-state index in [1.165, 1.54) is 0 Å². The van der Waals surface area contributed by atoms with Crippen molar-refractivity contribution in [2.24, 2.45) is 0 Å². The topological polar surface area (TPSA) is 22.4 Å². The van der Waals surface area contributed by atoms with Crippen LogP contribution in [0.5, 0.6) is 5.95 Å². The minimum Gasteiger partial charge on any atom is -0.465 e. The number of furan rings is 1. The highest BCUT2D eigenvalue weighted by molar-refractivity contribution is 5.03. The highest BCUT2D eigenvalue weighted by atomic mass is 16.6. The Bertz CT molecular complexity index is 156. The van der Waals surface area contributed by atoms with Gasteiger partial charge in [0.05, 0.1) is 12.9 Å². The lowest BCUT2D eigenvalue weighted by atomic mass is 10.4. The molecular formula is C8H11O2. The highest BCUT2D eigenvalue weighted by Gasteiger charge is 1.92. The van der Waals surface area contributed by atoms with Gasteiger partial charge in [-0.15, -0.1) is 0 Å². The lowest BCUT2D eigenvalue weighted by molar-refractivity contribution is 0.240. The molecule has 55 valence electrons. The van der Waals surface area contributed by atoms with Gasteiger partial charge in [0.2, 0.25) is 0 Å². The van der Waals surface area contributed by atoms with Crippen LogP contribution in [0.1, 0.15) is 12.8 Å². The van der Waals surface area contributed by atoms with Gasteiger partial charge in [0.25, 0.3) is 5.95 Å². The number of hydrogen-bond acceptors (Lipinski definition) is 2. The van der Waals surface area contributed by atoms with E-state index >= 15 is 0 Å². The molecule has 0 spiro atoms. The second kappa shape index (κ2) is 3.99. The molecule has 0 saturated heterocycles. The normalized spacial score (nSPS) is 9.70. The molecular weight excluding hydrogens is 128 g/mol. The molecule has 1 heterocycles. The summed E-state index contributed by atoms with van der Waals surface area (Å²) in [6.45, 7) is 4.39. The first-order valence-corrected chi connectivity index (χ1v) is 3.39. The van der Waals surface area contributed by atoms with Gasteiger partial charge in [-0.2, -0.15) is 0 Å². The first kappa shape index (κ1) is 7.19. The lowest BCUT2D eigenvalue weighted by Crippen LogP contribution is -1.94. The first-order valence-electron chi connectivity index (χ1n) is 3.39. The molecule has 1 aromatic rings. The van der Waals surface area contributed by atoms with Crippen molar-refractivity contribution in [3.8, 4) is 5.95 Å². The Balaban J connectivity index is 2.15. The van der Waals surface area contributed by atoms with Crippen molar-refractivity contribution in [2.45, 2.75) is 12.8 Å². The zero-order valence-electron chi connectivity index (χ0n) is 5.88. The van der Waals surface area contributed by atoms with Crippen LogP contribution in [0.3, 0.4) is 0 Å². The Morgan fingerprint density at radius 1 is 1.60 bits per heavy atom. The van der Waals surface area contributed by atoms with E-state index in [4.69, 9.17) is 9.15 Å². The molecule has 0 unspecified atom stereocenters. The molecule has 0 amide bonds. The molecule has 0 saturated carbocycles. The van der Waals surface area contributed by atoms with Crippen LogP contribution in [0.15, 0.2) is 22.8 Å². The van der Waals surface area contributed by atoms with Gasteiger partial charge in [0.1, 0.15) is 0 Å². The van der Waals surface area contributed by atoms with Crippen LogP contribution < -0.4 is 4.74 Å². The molecule has 2 nitrogen and oxygen atoms in total. The van der Waals surface area contributed by atoms with E-state index < -0.39 is 0 Å². The summed E-state index contributed by atoms with van der Waals surface area (Å²) in [4.78, 5) is 0. The average molecular weight is 139 g/mol. The summed E-state index contributed by atoms with van der Waals surface area (Å²) < 4.78 is 10.1. The third kappa shape index (κ3) is 2.13. The Morgan fingerprint density at radius 3 is 3.10 bits per heavy atom. The van der Waals surface area contributed by atoms with Crippen LogP contribution in [0.2, 0.25) is 0 Å². The number of unbranched alkanes of at least 4 members (excludes halogenated alkanes) is 1. The molecule has 10 heavy (non-hydrogen) atoms. The largest absolute Gasteiger partial charge is 0.465 e. The monoisotopic (exact) mass is 139 g/mol. The molecule has 0 aliphatic heterocycles. The number of ether oxygens (including phenoxy) is 1. The van der Waals surface area contributed by atoms with E-state index in [-0.39, 0.29) is 0 Å². The number of rotatable bonds is 4. The predicted octanol–water partition coefficient (Wildman–Crippen LogP) is 2.27. The van der Waals surface area contributed by atoms with Gasteiger partial charge < -0.3 is 9.15 Å². The maximum Gasteiger partial charge on any atom is 0.284 e. The van der Waals surface area contributed by atoms with Crippen molar-refractivity contribution in [2.75, 3.05) is 6.61 Å². The summed E-state index contributed by atoms with van der Waals surface area (Å²) in [6.07, 6.45) is 3.47. The van der Waals surface area contributed by atoms with E-state index in [0.717, 1.165) is 12.8 Å².